The van der Waals surface area contributed by atoms with Gasteiger partial charge in [0.05, 0.1) is 18.3 Å². The Bertz CT molecular complexity index is 144. The Morgan fingerprint density at radius 3 is 3.00 bits per heavy atom. The number of aliphatic hydroxyl groups is 1. The third-order valence-electron chi connectivity index (χ3n) is 2.23. The van der Waals surface area contributed by atoms with Crippen LogP contribution in [-0.2, 0) is 4.74 Å². The summed E-state index contributed by atoms with van der Waals surface area (Å²) in [5, 5.41) is 8.82. The Labute approximate surface area is 67.9 Å². The summed E-state index contributed by atoms with van der Waals surface area (Å²) in [7, 11) is 0. The van der Waals surface area contributed by atoms with Crippen LogP contribution >= 0.6 is 0 Å². The highest BCUT2D eigenvalue weighted by atomic mass is 16.5. The number of ether oxygens (including phenoxy) is 1. The SMILES string of the molecule is C=CCC1(C)CCC(CO)O1. The molecule has 0 radical (unpaired) electrons. The lowest BCUT2D eigenvalue weighted by Crippen LogP contribution is -2.25. The van der Waals surface area contributed by atoms with Crippen LogP contribution in [0, 0.1) is 0 Å². The molecule has 0 aromatic rings. The first-order chi connectivity index (χ1) is 5.20. The minimum Gasteiger partial charge on any atom is -0.394 e. The van der Waals surface area contributed by atoms with Gasteiger partial charge in [0, 0.05) is 0 Å². The lowest BCUT2D eigenvalue weighted by atomic mass is 9.98. The fraction of sp³-hybridized carbons (Fsp3) is 0.778. The van der Waals surface area contributed by atoms with Crippen LogP contribution in [0.1, 0.15) is 26.2 Å². The van der Waals surface area contributed by atoms with Crippen molar-refractivity contribution in [3.8, 4) is 0 Å². The van der Waals surface area contributed by atoms with E-state index in [1.165, 1.54) is 0 Å². The molecule has 2 nitrogen and oxygen atoms in total. The van der Waals surface area contributed by atoms with Crippen LogP contribution in [-0.4, -0.2) is 23.4 Å². The molecule has 1 fully saturated rings. The van der Waals surface area contributed by atoms with Gasteiger partial charge in [-0.1, -0.05) is 6.08 Å². The van der Waals surface area contributed by atoms with Crippen LogP contribution in [0.15, 0.2) is 12.7 Å². The molecule has 1 rings (SSSR count). The molecular formula is C9H16O2. The molecule has 0 bridgehead atoms. The standard InChI is InChI=1S/C9H16O2/c1-3-5-9(2)6-4-8(7-10)11-9/h3,8,10H,1,4-7H2,2H3. The van der Waals surface area contributed by atoms with Crippen molar-refractivity contribution in [1.29, 1.82) is 0 Å². The Morgan fingerprint density at radius 1 is 1.82 bits per heavy atom. The smallest absolute Gasteiger partial charge is 0.0814 e. The molecule has 1 aliphatic rings. The van der Waals surface area contributed by atoms with Crippen LogP contribution in [0.4, 0.5) is 0 Å². The number of hydrogen-bond donors (Lipinski definition) is 1. The van der Waals surface area contributed by atoms with Crippen LogP contribution < -0.4 is 0 Å². The summed E-state index contributed by atoms with van der Waals surface area (Å²) >= 11 is 0. The van der Waals surface area contributed by atoms with Crippen molar-refractivity contribution in [3.05, 3.63) is 12.7 Å². The van der Waals surface area contributed by atoms with E-state index in [-0.39, 0.29) is 18.3 Å². The van der Waals surface area contributed by atoms with Gasteiger partial charge >= 0.3 is 0 Å². The topological polar surface area (TPSA) is 29.5 Å². The lowest BCUT2D eigenvalue weighted by Gasteiger charge is -2.22. The summed E-state index contributed by atoms with van der Waals surface area (Å²) in [5.41, 5.74) is -0.0604. The van der Waals surface area contributed by atoms with Gasteiger partial charge in [-0.15, -0.1) is 6.58 Å². The predicted molar refractivity (Wildman–Crippen MR) is 44.4 cm³/mol. The van der Waals surface area contributed by atoms with Crippen molar-refractivity contribution in [2.75, 3.05) is 6.61 Å². The lowest BCUT2D eigenvalue weighted by molar-refractivity contribution is -0.0460. The zero-order chi connectivity index (χ0) is 8.32. The molecule has 0 aliphatic carbocycles. The van der Waals surface area contributed by atoms with Crippen molar-refractivity contribution in [2.45, 2.75) is 37.9 Å². The summed E-state index contributed by atoms with van der Waals surface area (Å²) in [6.07, 6.45) is 4.81. The van der Waals surface area contributed by atoms with Gasteiger partial charge in [-0.2, -0.15) is 0 Å². The third-order valence-corrected chi connectivity index (χ3v) is 2.23. The van der Waals surface area contributed by atoms with Crippen LogP contribution in [0.25, 0.3) is 0 Å². The first-order valence-electron chi connectivity index (χ1n) is 4.10. The van der Waals surface area contributed by atoms with E-state index < -0.39 is 0 Å². The van der Waals surface area contributed by atoms with Gasteiger partial charge in [0.1, 0.15) is 0 Å². The fourth-order valence-electron chi connectivity index (χ4n) is 1.57. The minimum atomic E-state index is -0.0604. The van der Waals surface area contributed by atoms with Gasteiger partial charge < -0.3 is 9.84 Å². The van der Waals surface area contributed by atoms with Crippen LogP contribution in [0.3, 0.4) is 0 Å². The van der Waals surface area contributed by atoms with Crippen molar-refractivity contribution < 1.29 is 9.84 Å². The van der Waals surface area contributed by atoms with Crippen molar-refractivity contribution in [2.24, 2.45) is 0 Å². The van der Waals surface area contributed by atoms with E-state index in [4.69, 9.17) is 9.84 Å². The van der Waals surface area contributed by atoms with Gasteiger partial charge in [0.2, 0.25) is 0 Å². The Morgan fingerprint density at radius 2 is 2.55 bits per heavy atom. The zero-order valence-electron chi connectivity index (χ0n) is 7.05. The van der Waals surface area contributed by atoms with E-state index in [1.54, 1.807) is 0 Å². The molecule has 0 aromatic carbocycles. The Kier molecular flexibility index (Phi) is 2.68. The average molecular weight is 156 g/mol. The highest BCUT2D eigenvalue weighted by molar-refractivity contribution is 4.90. The van der Waals surface area contributed by atoms with E-state index in [2.05, 4.69) is 13.5 Å². The Balaban J connectivity index is 2.43. The van der Waals surface area contributed by atoms with E-state index in [0.29, 0.717) is 0 Å². The largest absolute Gasteiger partial charge is 0.394 e. The summed E-state index contributed by atoms with van der Waals surface area (Å²) in [6, 6.07) is 0. The van der Waals surface area contributed by atoms with Crippen LogP contribution in [0.2, 0.25) is 0 Å². The number of hydrogen-bond acceptors (Lipinski definition) is 2. The first-order valence-corrected chi connectivity index (χ1v) is 4.10. The van der Waals surface area contributed by atoms with Crippen molar-refractivity contribution >= 4 is 0 Å². The summed E-state index contributed by atoms with van der Waals surface area (Å²) in [4.78, 5) is 0. The third kappa shape index (κ3) is 2.04. The second-order valence-corrected chi connectivity index (χ2v) is 3.40. The molecule has 11 heavy (non-hydrogen) atoms. The molecule has 1 saturated heterocycles. The van der Waals surface area contributed by atoms with Gasteiger partial charge in [-0.3, -0.25) is 0 Å². The molecule has 0 spiro atoms. The van der Waals surface area contributed by atoms with Gasteiger partial charge in [0.15, 0.2) is 0 Å². The van der Waals surface area contributed by atoms with Gasteiger partial charge in [-0.25, -0.2) is 0 Å². The maximum Gasteiger partial charge on any atom is 0.0814 e. The molecule has 1 aliphatic heterocycles. The molecule has 1 N–H and O–H groups in total. The van der Waals surface area contributed by atoms with E-state index in [0.717, 1.165) is 19.3 Å². The molecule has 2 atom stereocenters. The van der Waals surface area contributed by atoms with E-state index in [9.17, 15) is 0 Å². The summed E-state index contributed by atoms with van der Waals surface area (Å²) in [6.45, 7) is 5.90. The zero-order valence-corrected chi connectivity index (χ0v) is 7.05. The molecule has 2 heteroatoms. The second-order valence-electron chi connectivity index (χ2n) is 3.40. The normalized spacial score (nSPS) is 37.5. The highest BCUT2D eigenvalue weighted by Crippen LogP contribution is 2.32. The molecule has 64 valence electrons. The van der Waals surface area contributed by atoms with E-state index in [1.807, 2.05) is 6.08 Å². The molecule has 0 saturated carbocycles. The average Bonchev–Trinajstić information content (AvgIpc) is 2.33. The molecular weight excluding hydrogens is 140 g/mol. The minimum absolute atomic E-state index is 0.0555. The van der Waals surface area contributed by atoms with E-state index >= 15 is 0 Å². The van der Waals surface area contributed by atoms with Crippen molar-refractivity contribution in [1.82, 2.24) is 0 Å². The van der Waals surface area contributed by atoms with Crippen molar-refractivity contribution in [3.63, 3.8) is 0 Å². The maximum atomic E-state index is 8.82. The number of rotatable bonds is 3. The molecule has 1 heterocycles. The fourth-order valence-corrected chi connectivity index (χ4v) is 1.57. The van der Waals surface area contributed by atoms with Crippen LogP contribution in [0.5, 0.6) is 0 Å². The maximum absolute atomic E-state index is 8.82. The highest BCUT2D eigenvalue weighted by Gasteiger charge is 2.34. The predicted octanol–water partition coefficient (Wildman–Crippen LogP) is 1.49. The quantitative estimate of drug-likeness (QED) is 0.627. The summed E-state index contributed by atoms with van der Waals surface area (Å²) in [5.74, 6) is 0. The summed E-state index contributed by atoms with van der Waals surface area (Å²) < 4.78 is 5.62. The molecule has 0 amide bonds. The number of aliphatic hydroxyl groups excluding tert-OH is 1. The Hall–Kier alpha value is -0.340. The monoisotopic (exact) mass is 156 g/mol. The van der Waals surface area contributed by atoms with Gasteiger partial charge in [0.25, 0.3) is 0 Å². The first kappa shape index (κ1) is 8.75. The molecule has 0 aromatic heterocycles. The molecule has 2 unspecified atom stereocenters. The second kappa shape index (κ2) is 3.37. The van der Waals surface area contributed by atoms with Gasteiger partial charge in [-0.05, 0) is 26.2 Å².